The molecule has 1 rings (SSSR count). The molecule has 0 bridgehead atoms. The zero-order valence-corrected chi connectivity index (χ0v) is 11.9. The lowest BCUT2D eigenvalue weighted by molar-refractivity contribution is -0.135. The fourth-order valence-corrected chi connectivity index (χ4v) is 1.76. The molecule has 0 aromatic carbocycles. The highest BCUT2D eigenvalue weighted by Crippen LogP contribution is 2.18. The molecule has 1 aliphatic carbocycles. The number of likely N-dealkylation sites (N-methyl/N-ethyl adjacent to an activating group) is 2. The van der Waals surface area contributed by atoms with Crippen LogP contribution in [0.2, 0.25) is 0 Å². The van der Waals surface area contributed by atoms with Crippen LogP contribution in [0.3, 0.4) is 0 Å². The highest BCUT2D eigenvalue weighted by Gasteiger charge is 2.24. The van der Waals surface area contributed by atoms with Crippen molar-refractivity contribution in [3.63, 3.8) is 0 Å². The molecule has 0 atom stereocenters. The second kappa shape index (κ2) is 8.12. The van der Waals surface area contributed by atoms with Gasteiger partial charge < -0.3 is 15.3 Å². The third-order valence-electron chi connectivity index (χ3n) is 3.19. The maximum absolute atomic E-state index is 12.0. The lowest BCUT2D eigenvalue weighted by Crippen LogP contribution is -2.43. The molecule has 1 saturated carbocycles. The molecule has 0 aromatic heterocycles. The van der Waals surface area contributed by atoms with Crippen LogP contribution in [0.1, 0.15) is 26.2 Å². The number of carbonyl (C=O) groups excluding carboxylic acids is 2. The molecule has 6 nitrogen and oxygen atoms in total. The number of nitrogens with one attached hydrogen (secondary N) is 1. The standard InChI is InChI=1S/C13H25N3O3/c1-3-16(7-4-8-17)10-13(19)15(2)9-12(18)14-11-5-6-11/h11,17H,3-10H2,1-2H3,(H,14,18). The molecule has 6 heteroatoms. The summed E-state index contributed by atoms with van der Waals surface area (Å²) in [5.41, 5.74) is 0. The van der Waals surface area contributed by atoms with Crippen LogP contribution in [0, 0.1) is 0 Å². The Labute approximate surface area is 114 Å². The number of nitrogens with zero attached hydrogens (tertiary/aromatic N) is 2. The Hall–Kier alpha value is -1.14. The van der Waals surface area contributed by atoms with Gasteiger partial charge >= 0.3 is 0 Å². The normalized spacial score (nSPS) is 14.5. The summed E-state index contributed by atoms with van der Waals surface area (Å²) < 4.78 is 0. The van der Waals surface area contributed by atoms with Crippen molar-refractivity contribution in [2.45, 2.75) is 32.2 Å². The van der Waals surface area contributed by atoms with E-state index in [1.165, 1.54) is 4.90 Å². The van der Waals surface area contributed by atoms with Gasteiger partial charge in [0.15, 0.2) is 0 Å². The third kappa shape index (κ3) is 6.54. The predicted octanol–water partition coefficient (Wildman–Crippen LogP) is -0.572. The maximum Gasteiger partial charge on any atom is 0.239 e. The van der Waals surface area contributed by atoms with Crippen molar-refractivity contribution in [3.8, 4) is 0 Å². The molecule has 0 spiro atoms. The second-order valence-corrected chi connectivity index (χ2v) is 5.04. The average molecular weight is 271 g/mol. The highest BCUT2D eigenvalue weighted by molar-refractivity contribution is 5.85. The molecular weight excluding hydrogens is 246 g/mol. The van der Waals surface area contributed by atoms with Crippen LogP contribution >= 0.6 is 0 Å². The van der Waals surface area contributed by atoms with Gasteiger partial charge in [-0.05, 0) is 25.8 Å². The van der Waals surface area contributed by atoms with Gasteiger partial charge in [0.25, 0.3) is 0 Å². The number of carbonyl (C=O) groups is 2. The molecule has 0 saturated heterocycles. The molecule has 2 amide bonds. The van der Waals surface area contributed by atoms with Crippen molar-refractivity contribution in [2.75, 3.05) is 39.8 Å². The van der Waals surface area contributed by atoms with Crippen molar-refractivity contribution in [2.24, 2.45) is 0 Å². The molecule has 0 aliphatic heterocycles. The van der Waals surface area contributed by atoms with E-state index in [4.69, 9.17) is 5.11 Å². The van der Waals surface area contributed by atoms with E-state index in [1.54, 1.807) is 7.05 Å². The van der Waals surface area contributed by atoms with Gasteiger partial charge in [0.05, 0.1) is 13.1 Å². The Bertz CT molecular complexity index is 306. The van der Waals surface area contributed by atoms with Crippen molar-refractivity contribution in [1.82, 2.24) is 15.1 Å². The van der Waals surface area contributed by atoms with E-state index in [0.717, 1.165) is 19.4 Å². The van der Waals surface area contributed by atoms with Crippen molar-refractivity contribution < 1.29 is 14.7 Å². The molecule has 0 heterocycles. The molecule has 19 heavy (non-hydrogen) atoms. The smallest absolute Gasteiger partial charge is 0.239 e. The fourth-order valence-electron chi connectivity index (χ4n) is 1.76. The van der Waals surface area contributed by atoms with Gasteiger partial charge in [0, 0.05) is 26.2 Å². The summed E-state index contributed by atoms with van der Waals surface area (Å²) in [6.07, 6.45) is 2.76. The third-order valence-corrected chi connectivity index (χ3v) is 3.19. The quantitative estimate of drug-likeness (QED) is 0.589. The molecule has 1 fully saturated rings. The summed E-state index contributed by atoms with van der Waals surface area (Å²) in [6.45, 7) is 3.97. The number of amides is 2. The van der Waals surface area contributed by atoms with Crippen LogP contribution in [0.5, 0.6) is 0 Å². The Kier molecular flexibility index (Phi) is 6.80. The van der Waals surface area contributed by atoms with Crippen molar-refractivity contribution >= 4 is 11.8 Å². The lowest BCUT2D eigenvalue weighted by atomic mass is 10.3. The minimum atomic E-state index is -0.0863. The first kappa shape index (κ1) is 15.9. The Morgan fingerprint density at radius 3 is 2.53 bits per heavy atom. The monoisotopic (exact) mass is 271 g/mol. The van der Waals surface area contributed by atoms with Gasteiger partial charge in [-0.2, -0.15) is 0 Å². The molecule has 0 aromatic rings. The van der Waals surface area contributed by atoms with Gasteiger partial charge in [-0.25, -0.2) is 0 Å². The molecule has 1 aliphatic rings. The first-order chi connectivity index (χ1) is 9.06. The average Bonchev–Trinajstić information content (AvgIpc) is 3.17. The first-order valence-corrected chi connectivity index (χ1v) is 6.93. The van der Waals surface area contributed by atoms with Crippen LogP contribution < -0.4 is 5.32 Å². The van der Waals surface area contributed by atoms with E-state index in [-0.39, 0.29) is 25.0 Å². The zero-order chi connectivity index (χ0) is 14.3. The highest BCUT2D eigenvalue weighted by atomic mass is 16.3. The van der Waals surface area contributed by atoms with Crippen LogP contribution in [-0.4, -0.2) is 72.6 Å². The first-order valence-electron chi connectivity index (χ1n) is 6.93. The van der Waals surface area contributed by atoms with E-state index in [2.05, 4.69) is 5.32 Å². The van der Waals surface area contributed by atoms with E-state index in [9.17, 15) is 9.59 Å². The second-order valence-electron chi connectivity index (χ2n) is 5.04. The van der Waals surface area contributed by atoms with Crippen LogP contribution in [0.25, 0.3) is 0 Å². The maximum atomic E-state index is 12.0. The number of rotatable bonds is 9. The summed E-state index contributed by atoms with van der Waals surface area (Å²) in [5, 5.41) is 11.6. The topological polar surface area (TPSA) is 72.9 Å². The lowest BCUT2D eigenvalue weighted by Gasteiger charge is -2.23. The summed E-state index contributed by atoms with van der Waals surface area (Å²) in [6, 6.07) is 0.327. The minimum Gasteiger partial charge on any atom is -0.396 e. The van der Waals surface area contributed by atoms with Crippen LogP contribution in [0.15, 0.2) is 0 Å². The zero-order valence-electron chi connectivity index (χ0n) is 11.9. The molecule has 0 unspecified atom stereocenters. The summed E-state index contributed by atoms with van der Waals surface area (Å²) >= 11 is 0. The van der Waals surface area contributed by atoms with E-state index < -0.39 is 0 Å². The predicted molar refractivity (Wildman–Crippen MR) is 72.6 cm³/mol. The Morgan fingerprint density at radius 1 is 1.32 bits per heavy atom. The number of hydrogen-bond donors (Lipinski definition) is 2. The number of aliphatic hydroxyl groups is 1. The van der Waals surface area contributed by atoms with Crippen molar-refractivity contribution in [3.05, 3.63) is 0 Å². The molecule has 110 valence electrons. The molecule has 2 N–H and O–H groups in total. The van der Waals surface area contributed by atoms with Gasteiger partial charge in [0.1, 0.15) is 0 Å². The van der Waals surface area contributed by atoms with Gasteiger partial charge in [0.2, 0.25) is 11.8 Å². The van der Waals surface area contributed by atoms with Gasteiger partial charge in [-0.1, -0.05) is 6.92 Å². The molecule has 0 radical (unpaired) electrons. The Balaban J connectivity index is 2.26. The summed E-state index contributed by atoms with van der Waals surface area (Å²) in [7, 11) is 1.65. The SMILES string of the molecule is CCN(CCCO)CC(=O)N(C)CC(=O)NC1CC1. The molecular formula is C13H25N3O3. The minimum absolute atomic E-state index is 0.0641. The fraction of sp³-hybridized carbons (Fsp3) is 0.846. The van der Waals surface area contributed by atoms with Gasteiger partial charge in [-0.3, -0.25) is 14.5 Å². The number of hydrogen-bond acceptors (Lipinski definition) is 4. The van der Waals surface area contributed by atoms with Crippen LogP contribution in [-0.2, 0) is 9.59 Å². The largest absolute Gasteiger partial charge is 0.396 e. The Morgan fingerprint density at radius 2 is 2.00 bits per heavy atom. The van der Waals surface area contributed by atoms with E-state index in [1.807, 2.05) is 11.8 Å². The van der Waals surface area contributed by atoms with E-state index >= 15 is 0 Å². The van der Waals surface area contributed by atoms with Crippen LogP contribution in [0.4, 0.5) is 0 Å². The summed E-state index contributed by atoms with van der Waals surface area (Å²) in [4.78, 5) is 27.0. The van der Waals surface area contributed by atoms with Gasteiger partial charge in [-0.15, -0.1) is 0 Å². The van der Waals surface area contributed by atoms with E-state index in [0.29, 0.717) is 25.6 Å². The van der Waals surface area contributed by atoms with Crippen molar-refractivity contribution in [1.29, 1.82) is 0 Å². The number of aliphatic hydroxyl groups excluding tert-OH is 1. The summed E-state index contributed by atoms with van der Waals surface area (Å²) in [5.74, 6) is -0.150.